The summed E-state index contributed by atoms with van der Waals surface area (Å²) in [6.45, 7) is 7.26. The van der Waals surface area contributed by atoms with E-state index in [9.17, 15) is 13.2 Å². The SMILES string of the molecule is Cc1nsc(C(C)C)c1NC(=O)NS(=O)(=O)N(c1cnn(C)c1)C1CCCN(C)C1. The second-order valence-corrected chi connectivity index (χ2v) is 10.3. The van der Waals surface area contributed by atoms with Crippen molar-refractivity contribution in [3.8, 4) is 0 Å². The van der Waals surface area contributed by atoms with Gasteiger partial charge in [0.1, 0.15) is 0 Å². The molecule has 2 aromatic rings. The molecule has 2 N–H and O–H groups in total. The van der Waals surface area contributed by atoms with Crippen LogP contribution in [0, 0.1) is 6.92 Å². The molecule has 1 saturated heterocycles. The van der Waals surface area contributed by atoms with Crippen LogP contribution in [-0.4, -0.2) is 59.7 Å². The Morgan fingerprint density at radius 3 is 2.70 bits per heavy atom. The van der Waals surface area contributed by atoms with Gasteiger partial charge in [0.2, 0.25) is 0 Å². The molecular weight excluding hydrogens is 426 g/mol. The highest BCUT2D eigenvalue weighted by Crippen LogP contribution is 2.31. The number of hydrogen-bond acceptors (Lipinski definition) is 7. The summed E-state index contributed by atoms with van der Waals surface area (Å²) in [5.74, 6) is 0.160. The molecule has 10 nitrogen and oxygen atoms in total. The van der Waals surface area contributed by atoms with Gasteiger partial charge in [-0.05, 0) is 50.8 Å². The first-order valence-corrected chi connectivity index (χ1v) is 12.1. The number of nitrogens with one attached hydrogen (secondary N) is 2. The molecule has 3 heterocycles. The molecule has 0 bridgehead atoms. The fraction of sp³-hybridized carbons (Fsp3) is 0.611. The first-order valence-electron chi connectivity index (χ1n) is 9.85. The zero-order valence-corrected chi connectivity index (χ0v) is 19.5. The Morgan fingerprint density at radius 2 is 2.10 bits per heavy atom. The van der Waals surface area contributed by atoms with E-state index in [0.717, 1.165) is 17.8 Å². The number of anilines is 2. The normalized spacial score (nSPS) is 17.9. The van der Waals surface area contributed by atoms with E-state index in [1.54, 1.807) is 24.9 Å². The Balaban J connectivity index is 1.84. The smallest absolute Gasteiger partial charge is 0.304 e. The summed E-state index contributed by atoms with van der Waals surface area (Å²) in [6, 6.07) is -1.10. The highest BCUT2D eigenvalue weighted by molar-refractivity contribution is 7.91. The van der Waals surface area contributed by atoms with Crippen molar-refractivity contribution in [1.82, 2.24) is 23.8 Å². The molecule has 0 spiro atoms. The highest BCUT2D eigenvalue weighted by Gasteiger charge is 2.35. The van der Waals surface area contributed by atoms with Gasteiger partial charge in [-0.2, -0.15) is 17.9 Å². The number of urea groups is 1. The molecule has 1 aliphatic rings. The van der Waals surface area contributed by atoms with Crippen LogP contribution < -0.4 is 14.3 Å². The van der Waals surface area contributed by atoms with Crippen LogP contribution in [0.15, 0.2) is 12.4 Å². The van der Waals surface area contributed by atoms with Gasteiger partial charge < -0.3 is 10.2 Å². The summed E-state index contributed by atoms with van der Waals surface area (Å²) < 4.78 is 35.8. The van der Waals surface area contributed by atoms with Gasteiger partial charge in [-0.1, -0.05) is 13.8 Å². The molecular formula is C18H29N7O3S2. The molecule has 12 heteroatoms. The first kappa shape index (κ1) is 22.5. The van der Waals surface area contributed by atoms with E-state index >= 15 is 0 Å². The summed E-state index contributed by atoms with van der Waals surface area (Å²) in [5.41, 5.74) is 1.65. The lowest BCUT2D eigenvalue weighted by molar-refractivity contribution is 0.251. The van der Waals surface area contributed by atoms with Gasteiger partial charge in [-0.3, -0.25) is 4.68 Å². The van der Waals surface area contributed by atoms with E-state index in [1.165, 1.54) is 22.0 Å². The maximum atomic E-state index is 13.3. The topological polar surface area (TPSA) is 112 Å². The van der Waals surface area contributed by atoms with Crippen LogP contribution in [0.4, 0.5) is 16.2 Å². The zero-order valence-electron chi connectivity index (χ0n) is 17.9. The number of likely N-dealkylation sites (N-methyl/N-ethyl adjacent to an activating group) is 1. The number of aromatic nitrogens is 3. The Kier molecular flexibility index (Phi) is 6.68. The quantitative estimate of drug-likeness (QED) is 0.691. The van der Waals surface area contributed by atoms with E-state index in [1.807, 2.05) is 20.9 Å². The number of amides is 2. The van der Waals surface area contributed by atoms with E-state index in [4.69, 9.17) is 0 Å². The average Bonchev–Trinajstić information content (AvgIpc) is 3.20. The van der Waals surface area contributed by atoms with Crippen molar-refractivity contribution in [3.63, 3.8) is 0 Å². The van der Waals surface area contributed by atoms with Crippen LogP contribution in [0.3, 0.4) is 0 Å². The number of likely N-dealkylation sites (tertiary alicyclic amines) is 1. The minimum Gasteiger partial charge on any atom is -0.304 e. The molecule has 30 heavy (non-hydrogen) atoms. The number of nitrogens with zero attached hydrogens (tertiary/aromatic N) is 5. The fourth-order valence-electron chi connectivity index (χ4n) is 3.64. The van der Waals surface area contributed by atoms with Gasteiger partial charge in [0, 0.05) is 19.8 Å². The molecule has 2 aromatic heterocycles. The second kappa shape index (κ2) is 8.90. The number of rotatable bonds is 6. The van der Waals surface area contributed by atoms with Gasteiger partial charge in [0.25, 0.3) is 0 Å². The van der Waals surface area contributed by atoms with Gasteiger partial charge in [0.05, 0.1) is 34.2 Å². The maximum Gasteiger partial charge on any atom is 0.334 e. The summed E-state index contributed by atoms with van der Waals surface area (Å²) in [7, 11) is -0.477. The van der Waals surface area contributed by atoms with Crippen LogP contribution in [-0.2, 0) is 17.3 Å². The van der Waals surface area contributed by atoms with Crippen LogP contribution in [0.25, 0.3) is 0 Å². The molecule has 1 unspecified atom stereocenters. The molecule has 0 aliphatic carbocycles. The maximum absolute atomic E-state index is 13.3. The van der Waals surface area contributed by atoms with Crippen molar-refractivity contribution in [3.05, 3.63) is 23.0 Å². The van der Waals surface area contributed by atoms with E-state index in [2.05, 4.69) is 24.4 Å². The van der Waals surface area contributed by atoms with E-state index in [-0.39, 0.29) is 12.0 Å². The van der Waals surface area contributed by atoms with Crippen molar-refractivity contribution in [2.24, 2.45) is 7.05 Å². The second-order valence-electron chi connectivity index (χ2n) is 7.95. The third kappa shape index (κ3) is 4.93. The molecule has 0 radical (unpaired) electrons. The van der Waals surface area contributed by atoms with E-state index < -0.39 is 16.2 Å². The highest BCUT2D eigenvalue weighted by atomic mass is 32.2. The Morgan fingerprint density at radius 1 is 1.37 bits per heavy atom. The van der Waals surface area contributed by atoms with Crippen molar-refractivity contribution < 1.29 is 13.2 Å². The van der Waals surface area contributed by atoms with Gasteiger partial charge in [0.15, 0.2) is 0 Å². The Bertz CT molecular complexity index is 999. The zero-order chi connectivity index (χ0) is 22.1. The van der Waals surface area contributed by atoms with Crippen LogP contribution in [0.5, 0.6) is 0 Å². The lowest BCUT2D eigenvalue weighted by Crippen LogP contribution is -2.54. The number of carbonyl (C=O) groups is 1. The molecule has 1 aliphatic heterocycles. The monoisotopic (exact) mass is 455 g/mol. The summed E-state index contributed by atoms with van der Waals surface area (Å²) in [4.78, 5) is 15.6. The third-order valence-electron chi connectivity index (χ3n) is 5.01. The molecule has 0 saturated carbocycles. The molecule has 1 fully saturated rings. The Labute approximate surface area is 181 Å². The predicted molar refractivity (Wildman–Crippen MR) is 118 cm³/mol. The van der Waals surface area contributed by atoms with Crippen molar-refractivity contribution in [2.75, 3.05) is 29.8 Å². The minimum absolute atomic E-state index is 0.160. The molecule has 2 amide bonds. The number of aryl methyl sites for hydroxylation is 2. The predicted octanol–water partition coefficient (Wildman–Crippen LogP) is 2.28. The largest absolute Gasteiger partial charge is 0.334 e. The fourth-order valence-corrected chi connectivity index (χ4v) is 5.78. The lowest BCUT2D eigenvalue weighted by atomic mass is 10.1. The summed E-state index contributed by atoms with van der Waals surface area (Å²) in [6.07, 6.45) is 4.70. The minimum atomic E-state index is -4.16. The van der Waals surface area contributed by atoms with Crippen molar-refractivity contribution in [2.45, 2.75) is 45.6 Å². The molecule has 1 atom stereocenters. The van der Waals surface area contributed by atoms with Gasteiger partial charge in [-0.25, -0.2) is 13.8 Å². The lowest BCUT2D eigenvalue weighted by Gasteiger charge is -2.37. The van der Waals surface area contributed by atoms with Crippen molar-refractivity contribution >= 4 is 39.1 Å². The number of piperidine rings is 1. The van der Waals surface area contributed by atoms with Crippen LogP contribution in [0.1, 0.15) is 43.2 Å². The number of carbonyl (C=O) groups excluding carboxylic acids is 1. The Hall–Kier alpha value is -2.18. The molecule has 3 rings (SSSR count). The number of hydrogen-bond donors (Lipinski definition) is 2. The van der Waals surface area contributed by atoms with Gasteiger partial charge in [-0.15, -0.1) is 0 Å². The molecule has 166 valence electrons. The van der Waals surface area contributed by atoms with Crippen LogP contribution in [0.2, 0.25) is 0 Å². The summed E-state index contributed by atoms with van der Waals surface area (Å²) in [5, 5.41) is 6.79. The van der Waals surface area contributed by atoms with E-state index in [0.29, 0.717) is 30.0 Å². The molecule has 0 aromatic carbocycles. The third-order valence-corrected chi connectivity index (χ3v) is 7.72. The van der Waals surface area contributed by atoms with Gasteiger partial charge >= 0.3 is 16.2 Å². The first-order chi connectivity index (χ1) is 14.1. The van der Waals surface area contributed by atoms with Crippen LogP contribution >= 0.6 is 11.5 Å². The average molecular weight is 456 g/mol. The standard InChI is InChI=1S/C18H29N7O3S2/c1-12(2)17-16(13(3)21-29-17)20-18(26)22-30(27,28)25(15-9-19-24(5)11-15)14-7-6-8-23(4)10-14/h9,11-12,14H,6-8,10H2,1-5H3,(H2,20,22,26). The van der Waals surface area contributed by atoms with Crippen molar-refractivity contribution in [1.29, 1.82) is 0 Å². The summed E-state index contributed by atoms with van der Waals surface area (Å²) >= 11 is 1.30.